The Morgan fingerprint density at radius 3 is 2.19 bits per heavy atom. The van der Waals surface area contributed by atoms with Gasteiger partial charge in [-0.3, -0.25) is 4.79 Å². The Labute approximate surface area is 196 Å². The first-order valence-corrected chi connectivity index (χ1v) is 13.8. The van der Waals surface area contributed by atoms with Gasteiger partial charge in [0.05, 0.1) is 11.5 Å². The monoisotopic (exact) mass is 444 g/mol. The quantitative estimate of drug-likeness (QED) is 0.486. The molecule has 0 aromatic heterocycles. The number of hydrogen-bond acceptors (Lipinski definition) is 2. The van der Waals surface area contributed by atoms with Gasteiger partial charge in [-0.05, 0) is 115 Å². The molecule has 0 aromatic carbocycles. The summed E-state index contributed by atoms with van der Waals surface area (Å²) in [6.07, 6.45) is 12.0. The maximum atomic E-state index is 12.7. The van der Waals surface area contributed by atoms with Crippen molar-refractivity contribution < 1.29 is 15.0 Å². The molecule has 5 aliphatic rings. The van der Waals surface area contributed by atoms with Gasteiger partial charge in [-0.2, -0.15) is 0 Å². The lowest BCUT2D eigenvalue weighted by Crippen LogP contribution is -2.67. The molecule has 3 nitrogen and oxygen atoms in total. The van der Waals surface area contributed by atoms with Crippen LogP contribution in [0.3, 0.4) is 0 Å². The van der Waals surface area contributed by atoms with Gasteiger partial charge in [-0.1, -0.05) is 48.0 Å². The first kappa shape index (κ1) is 23.2. The Bertz CT molecular complexity index is 789. The van der Waals surface area contributed by atoms with Gasteiger partial charge < -0.3 is 10.2 Å². The Hall–Kier alpha value is -0.570. The standard InChI is InChI=1S/C29H48O3/c1-7-18-10-15-29(24(31)32)17-16-27(5)19(23(18)29)8-9-21-26(4)13-12-22(30)25(2,3)20(26)11-14-28(21,27)6/h18-23,30H,7-17H2,1-6H3,(H,31,32)/t18?,19?,20?,21?,22-,23?,26-,27+,28+,29-/m0/s1. The van der Waals surface area contributed by atoms with Crippen LogP contribution in [0.15, 0.2) is 0 Å². The molecule has 0 heterocycles. The van der Waals surface area contributed by atoms with Crippen molar-refractivity contribution in [3.05, 3.63) is 0 Å². The van der Waals surface area contributed by atoms with Gasteiger partial charge in [-0.25, -0.2) is 0 Å². The fourth-order valence-electron chi connectivity index (χ4n) is 11.6. The van der Waals surface area contributed by atoms with Crippen LogP contribution in [0.2, 0.25) is 0 Å². The van der Waals surface area contributed by atoms with E-state index in [9.17, 15) is 15.0 Å². The molecular formula is C29H48O3. The third-order valence-electron chi connectivity index (χ3n) is 13.5. The van der Waals surface area contributed by atoms with Crippen LogP contribution in [-0.4, -0.2) is 22.3 Å². The Balaban J connectivity index is 1.55. The summed E-state index contributed by atoms with van der Waals surface area (Å²) in [5, 5.41) is 21.3. The van der Waals surface area contributed by atoms with E-state index in [0.29, 0.717) is 35.0 Å². The maximum absolute atomic E-state index is 12.7. The fraction of sp³-hybridized carbons (Fsp3) is 0.966. The molecule has 5 fully saturated rings. The number of aliphatic carboxylic acids is 1. The Kier molecular flexibility index (Phi) is 5.06. The van der Waals surface area contributed by atoms with Crippen molar-refractivity contribution in [2.24, 2.45) is 56.7 Å². The van der Waals surface area contributed by atoms with Gasteiger partial charge in [0.25, 0.3) is 0 Å². The summed E-state index contributed by atoms with van der Waals surface area (Å²) in [6, 6.07) is 0. The van der Waals surface area contributed by atoms with Crippen LogP contribution in [0.4, 0.5) is 0 Å². The lowest BCUT2D eigenvalue weighted by Gasteiger charge is -2.72. The molecule has 5 unspecified atom stereocenters. The van der Waals surface area contributed by atoms with E-state index >= 15 is 0 Å². The van der Waals surface area contributed by atoms with Crippen LogP contribution in [0.1, 0.15) is 112 Å². The van der Waals surface area contributed by atoms with E-state index in [4.69, 9.17) is 0 Å². The summed E-state index contributed by atoms with van der Waals surface area (Å²) in [6.45, 7) is 14.7. The molecule has 10 atom stereocenters. The van der Waals surface area contributed by atoms with Crippen LogP contribution in [-0.2, 0) is 4.79 Å². The van der Waals surface area contributed by atoms with E-state index in [0.717, 1.165) is 44.9 Å². The molecule has 0 aliphatic heterocycles. The predicted molar refractivity (Wildman–Crippen MR) is 128 cm³/mol. The average Bonchev–Trinajstić information content (AvgIpc) is 3.12. The third-order valence-corrected chi connectivity index (χ3v) is 13.5. The third kappa shape index (κ3) is 2.56. The number of fused-ring (bicyclic) bond motifs is 7. The number of rotatable bonds is 2. The Morgan fingerprint density at radius 2 is 1.53 bits per heavy atom. The largest absolute Gasteiger partial charge is 0.481 e. The summed E-state index contributed by atoms with van der Waals surface area (Å²) in [7, 11) is 0. The maximum Gasteiger partial charge on any atom is 0.309 e. The highest BCUT2D eigenvalue weighted by molar-refractivity contribution is 5.76. The molecule has 0 radical (unpaired) electrons. The minimum atomic E-state index is -0.494. The summed E-state index contributed by atoms with van der Waals surface area (Å²) >= 11 is 0. The van der Waals surface area contributed by atoms with Gasteiger partial charge in [0.2, 0.25) is 0 Å². The molecule has 0 spiro atoms. The van der Waals surface area contributed by atoms with Crippen LogP contribution >= 0.6 is 0 Å². The smallest absolute Gasteiger partial charge is 0.309 e. The van der Waals surface area contributed by atoms with Crippen LogP contribution in [0.25, 0.3) is 0 Å². The number of carboxylic acid groups (broad SMARTS) is 1. The molecule has 0 saturated heterocycles. The number of hydrogen-bond donors (Lipinski definition) is 2. The van der Waals surface area contributed by atoms with E-state index in [1.807, 2.05) is 0 Å². The normalized spacial score (nSPS) is 56.5. The second-order valence-corrected chi connectivity index (χ2v) is 14.2. The van der Waals surface area contributed by atoms with Gasteiger partial charge in [-0.15, -0.1) is 0 Å². The van der Waals surface area contributed by atoms with Crippen molar-refractivity contribution in [2.75, 3.05) is 0 Å². The average molecular weight is 445 g/mol. The fourth-order valence-corrected chi connectivity index (χ4v) is 11.6. The molecule has 5 saturated carbocycles. The van der Waals surface area contributed by atoms with Crippen molar-refractivity contribution in [2.45, 2.75) is 118 Å². The molecule has 0 aromatic rings. The summed E-state index contributed by atoms with van der Waals surface area (Å²) in [4.78, 5) is 12.7. The molecule has 5 rings (SSSR count). The van der Waals surface area contributed by atoms with Gasteiger partial charge >= 0.3 is 5.97 Å². The highest BCUT2D eigenvalue weighted by Crippen LogP contribution is 2.77. The Morgan fingerprint density at radius 1 is 0.812 bits per heavy atom. The lowest BCUT2D eigenvalue weighted by atomic mass is 9.32. The summed E-state index contributed by atoms with van der Waals surface area (Å²) in [5.74, 6) is 2.31. The molecule has 3 heteroatoms. The van der Waals surface area contributed by atoms with Crippen LogP contribution in [0.5, 0.6) is 0 Å². The summed E-state index contributed by atoms with van der Waals surface area (Å²) in [5.41, 5.74) is 0.364. The van der Waals surface area contributed by atoms with E-state index in [1.54, 1.807) is 0 Å². The molecule has 182 valence electrons. The first-order valence-electron chi connectivity index (χ1n) is 13.8. The molecule has 0 bridgehead atoms. The van der Waals surface area contributed by atoms with Gasteiger partial charge in [0.15, 0.2) is 0 Å². The van der Waals surface area contributed by atoms with Gasteiger partial charge in [0.1, 0.15) is 0 Å². The van der Waals surface area contributed by atoms with Crippen molar-refractivity contribution in [3.8, 4) is 0 Å². The highest BCUT2D eigenvalue weighted by Gasteiger charge is 2.71. The van der Waals surface area contributed by atoms with Crippen molar-refractivity contribution in [3.63, 3.8) is 0 Å². The molecule has 32 heavy (non-hydrogen) atoms. The van der Waals surface area contributed by atoms with Crippen molar-refractivity contribution in [1.29, 1.82) is 0 Å². The van der Waals surface area contributed by atoms with Crippen LogP contribution in [0, 0.1) is 56.7 Å². The number of carbonyl (C=O) groups is 1. The lowest BCUT2D eigenvalue weighted by molar-refractivity contribution is -0.248. The zero-order valence-corrected chi connectivity index (χ0v) is 21.5. The van der Waals surface area contributed by atoms with Crippen molar-refractivity contribution >= 4 is 5.97 Å². The first-order chi connectivity index (χ1) is 14.9. The number of aliphatic hydroxyl groups excluding tert-OH is 1. The minimum Gasteiger partial charge on any atom is -0.481 e. The molecule has 0 amide bonds. The second-order valence-electron chi connectivity index (χ2n) is 14.2. The van der Waals surface area contributed by atoms with Crippen molar-refractivity contribution in [1.82, 2.24) is 0 Å². The van der Waals surface area contributed by atoms with E-state index < -0.39 is 11.4 Å². The zero-order valence-electron chi connectivity index (χ0n) is 21.5. The number of aliphatic hydroxyl groups is 1. The zero-order chi connectivity index (χ0) is 23.3. The topological polar surface area (TPSA) is 57.5 Å². The molecular weight excluding hydrogens is 396 g/mol. The van der Waals surface area contributed by atoms with E-state index in [2.05, 4.69) is 41.5 Å². The molecule has 2 N–H and O–H groups in total. The minimum absolute atomic E-state index is 0.00410. The highest BCUT2D eigenvalue weighted by atomic mass is 16.4. The van der Waals surface area contributed by atoms with Crippen LogP contribution < -0.4 is 0 Å². The second kappa shape index (κ2) is 6.98. The predicted octanol–water partition coefficient (Wildman–Crippen LogP) is 6.92. The van der Waals surface area contributed by atoms with E-state index in [-0.39, 0.29) is 22.3 Å². The van der Waals surface area contributed by atoms with E-state index in [1.165, 1.54) is 25.7 Å². The number of carboxylic acids is 1. The SMILES string of the molecule is CCC1CC[C@]2(C(=O)O)CC[C@]3(C)C(CCC4[C@@]5(C)CC[C@H](O)C(C)(C)C5CC[C@]43C)C12. The molecule has 5 aliphatic carbocycles. The summed E-state index contributed by atoms with van der Waals surface area (Å²) < 4.78 is 0. The van der Waals surface area contributed by atoms with Gasteiger partial charge in [0, 0.05) is 0 Å².